The molecule has 0 amide bonds. The van der Waals surface area contributed by atoms with Crippen LogP contribution in [-0.4, -0.2) is 103 Å². The van der Waals surface area contributed by atoms with Crippen LogP contribution in [0.2, 0.25) is 0 Å². The number of aliphatic hydroxyl groups is 1. The topological polar surface area (TPSA) is 20.2 Å². The van der Waals surface area contributed by atoms with Crippen LogP contribution in [0, 0.1) is 39.5 Å². The molecule has 0 aliphatic heterocycles. The third kappa shape index (κ3) is 140. The maximum Gasteiger partial charge on any atom is 2.00 e. The van der Waals surface area contributed by atoms with Gasteiger partial charge in [-0.15, -0.1) is 0 Å². The van der Waals surface area contributed by atoms with Gasteiger partial charge in [0.2, 0.25) is 0 Å². The predicted molar refractivity (Wildman–Crippen MR) is 333 cm³/mol. The summed E-state index contributed by atoms with van der Waals surface area (Å²) in [6.45, 7) is 38.2. The first kappa shape index (κ1) is 103. The average molecular weight is 1000 g/mol. The van der Waals surface area contributed by atoms with E-state index >= 15 is 0 Å². The van der Waals surface area contributed by atoms with Crippen LogP contribution >= 0.6 is 0 Å². The minimum Gasteiger partial charge on any atom is -1.00 e. The summed E-state index contributed by atoms with van der Waals surface area (Å²) >= 11 is 0. The Morgan fingerprint density at radius 1 is 0.343 bits per heavy atom. The molecule has 0 aromatic heterocycles. The second-order valence-electron chi connectivity index (χ2n) is 18.4. The molecule has 0 fully saturated rings. The summed E-state index contributed by atoms with van der Waals surface area (Å²) in [5.74, 6) is 1.95. The van der Waals surface area contributed by atoms with Crippen LogP contribution in [0.5, 0.6) is 0 Å². The van der Waals surface area contributed by atoms with Gasteiger partial charge in [-0.3, -0.25) is 0 Å². The molecular weight excluding hydrogens is 858 g/mol. The van der Waals surface area contributed by atoms with Gasteiger partial charge in [-0.25, -0.2) is 0 Å². The van der Waals surface area contributed by atoms with Gasteiger partial charge in [0.15, 0.2) is 0 Å². The van der Waals surface area contributed by atoms with E-state index in [1.165, 1.54) is 238 Å². The van der Waals surface area contributed by atoms with Crippen LogP contribution < -0.4 is 0 Å². The van der Waals surface area contributed by atoms with Crippen molar-refractivity contribution in [3.63, 3.8) is 0 Å². The van der Waals surface area contributed by atoms with Crippen LogP contribution in [0.25, 0.3) is 0 Å². The molecule has 0 rings (SSSR count). The summed E-state index contributed by atoms with van der Waals surface area (Å²) in [5, 5.41) is 9.50. The molecule has 0 aromatic carbocycles. The summed E-state index contributed by atoms with van der Waals surface area (Å²) in [7, 11) is 0. The molecular formula is C62H142Mg4O. The molecule has 404 valence electrons. The van der Waals surface area contributed by atoms with Gasteiger partial charge in [-0.1, -0.05) is 322 Å². The normalized spacial score (nSPS) is 9.31. The molecule has 0 aliphatic carbocycles. The van der Waals surface area contributed by atoms with Crippen molar-refractivity contribution < 1.29 is 10.8 Å². The minimum absolute atomic E-state index is 0. The molecule has 0 saturated carbocycles. The molecule has 1 nitrogen and oxygen atoms in total. The summed E-state index contributed by atoms with van der Waals surface area (Å²) in [5.41, 5.74) is 0. The summed E-state index contributed by atoms with van der Waals surface area (Å²) in [4.78, 5) is 0. The third-order valence-electron chi connectivity index (χ3n) is 11.3. The van der Waals surface area contributed by atoms with E-state index in [1.807, 2.05) is 0 Å². The van der Waals surface area contributed by atoms with Crippen LogP contribution in [0.3, 0.4) is 0 Å². The fraction of sp³-hybridized carbons (Fsp3) is 0.935. The summed E-state index contributed by atoms with van der Waals surface area (Å²) in [6.07, 6.45) is 56.4. The summed E-state index contributed by atoms with van der Waals surface area (Å²) in [6, 6.07) is 0. The molecule has 0 radical (unpaired) electrons. The maximum atomic E-state index is 9.50. The van der Waals surface area contributed by atoms with Crippen molar-refractivity contribution in [3.05, 3.63) is 27.7 Å². The van der Waals surface area contributed by atoms with Crippen molar-refractivity contribution in [2.75, 3.05) is 0 Å². The Morgan fingerprint density at radius 3 is 0.731 bits per heavy atom. The second kappa shape index (κ2) is 114. The Labute approximate surface area is 505 Å². The number of rotatable bonds is 38. The predicted octanol–water partition coefficient (Wildman–Crippen LogP) is 23.3. The van der Waals surface area contributed by atoms with Crippen LogP contribution in [0.4, 0.5) is 0 Å². The van der Waals surface area contributed by atoms with E-state index in [0.717, 1.165) is 31.1 Å². The van der Waals surface area contributed by atoms with Crippen LogP contribution in [0.15, 0.2) is 0 Å². The fourth-order valence-corrected chi connectivity index (χ4v) is 6.81. The van der Waals surface area contributed by atoms with Crippen molar-refractivity contribution in [1.29, 1.82) is 0 Å². The van der Waals surface area contributed by atoms with E-state index in [-0.39, 0.29) is 119 Å². The zero-order chi connectivity index (χ0) is 47.7. The van der Waals surface area contributed by atoms with E-state index in [4.69, 9.17) is 0 Å². The zero-order valence-corrected chi connectivity index (χ0v) is 55.9. The number of unbranched alkanes of at least 4 members (excludes halogenated alkanes) is 26. The monoisotopic (exact) mass is 999 g/mol. The van der Waals surface area contributed by atoms with Gasteiger partial charge in [0.25, 0.3) is 0 Å². The first-order valence-corrected chi connectivity index (χ1v) is 28.7. The average Bonchev–Trinajstić information content (AvgIpc) is 3.26. The molecule has 0 spiro atoms. The van der Waals surface area contributed by atoms with Crippen molar-refractivity contribution in [1.82, 2.24) is 0 Å². The van der Waals surface area contributed by atoms with Crippen LogP contribution in [0.1, 0.15) is 367 Å². The molecule has 0 saturated heterocycles. The molecule has 0 bridgehead atoms. The van der Waals surface area contributed by atoms with Gasteiger partial charge < -0.3 is 38.5 Å². The van der Waals surface area contributed by atoms with Crippen molar-refractivity contribution in [3.8, 4) is 0 Å². The van der Waals surface area contributed by atoms with Crippen molar-refractivity contribution >= 4 is 92.2 Å². The van der Waals surface area contributed by atoms with E-state index in [9.17, 15) is 5.11 Å². The van der Waals surface area contributed by atoms with E-state index in [2.05, 4.69) is 110 Å². The molecule has 0 aromatic rings. The Kier molecular flexibility index (Phi) is 174. The Morgan fingerprint density at radius 2 is 0.537 bits per heavy atom. The van der Waals surface area contributed by atoms with E-state index < -0.39 is 0 Å². The Bertz CT molecular complexity index is 520. The van der Waals surface area contributed by atoms with Crippen molar-refractivity contribution in [2.24, 2.45) is 11.8 Å². The van der Waals surface area contributed by atoms with Crippen LogP contribution in [-0.2, 0) is 0 Å². The molecule has 67 heavy (non-hydrogen) atoms. The molecule has 0 heterocycles. The molecule has 1 N–H and O–H groups in total. The first-order valence-electron chi connectivity index (χ1n) is 28.7. The SMILES string of the molecule is C.CCCCCC(C)CCCCC.CCCCCC(C)CCCCC.CCCCCC(O)CCCCC.CCCCCCC.CCCCC[CH-]CCCCC.[CH2-]C.[CH2-]CCCC.[CH3-].[H-].[H-].[H-].[H-].[Mg+2].[Mg+2].[Mg+2].[Mg+2]. The molecule has 5 heteroatoms. The standard InChI is InChI=1S/2C12H26.C11H24O.C11H23.C7H16.C5H11.C2H5.CH4.CH3.4Mg.4H/c2*1-4-6-8-10-12(3)11-9-7-5-2;1-3-5-7-9-11(12)10-8-6-4-2;1-3-5-7-9-11-10-8-6-4-2;1-3-5-7-6-4-2;1-3-5-4-2;1-2;;;;;;;;;;/h2*12H,4-11H2,1-3H3;11-12H,3-10H2,1-2H3;11H,3-10H2,1-2H3;3-7H2,1-2H3;1,3-5H2,2H3;1H2,2H3;1H4;1H3;;;;;;;;/q;;;-1;;2*-1;;-1;4*+2;4*-1. The molecule has 0 aliphatic rings. The second-order valence-corrected chi connectivity index (χ2v) is 18.4. The smallest absolute Gasteiger partial charge is 1.00 e. The Hall–Kier alpha value is 3.02. The number of aliphatic hydroxyl groups excluding tert-OH is 1. The zero-order valence-electron chi connectivity index (χ0n) is 54.3. The maximum absolute atomic E-state index is 9.50. The minimum atomic E-state index is -0.0249. The largest absolute Gasteiger partial charge is 2.00 e. The molecule has 0 atom stereocenters. The quantitative estimate of drug-likeness (QED) is 0.0371. The fourth-order valence-electron chi connectivity index (χ4n) is 6.81. The first-order chi connectivity index (χ1) is 29.7. The molecule has 0 unspecified atom stereocenters. The summed E-state index contributed by atoms with van der Waals surface area (Å²) < 4.78 is 0. The van der Waals surface area contributed by atoms with Gasteiger partial charge in [-0.2, -0.15) is 26.2 Å². The number of hydrogen-bond acceptors (Lipinski definition) is 1. The third-order valence-corrected chi connectivity index (χ3v) is 11.3. The van der Waals surface area contributed by atoms with Gasteiger partial charge in [0.05, 0.1) is 6.10 Å². The van der Waals surface area contributed by atoms with E-state index in [0.29, 0.717) is 0 Å². The van der Waals surface area contributed by atoms with Crippen molar-refractivity contribution in [2.45, 2.75) is 367 Å². The van der Waals surface area contributed by atoms with Gasteiger partial charge in [-0.05, 0) is 24.7 Å². The Balaban J connectivity index is -0.0000000322. The van der Waals surface area contributed by atoms with Gasteiger partial charge in [0.1, 0.15) is 0 Å². The number of hydrogen-bond donors (Lipinski definition) is 1. The van der Waals surface area contributed by atoms with Gasteiger partial charge >= 0.3 is 92.2 Å². The van der Waals surface area contributed by atoms with E-state index in [1.54, 1.807) is 6.92 Å². The van der Waals surface area contributed by atoms with Gasteiger partial charge in [0, 0.05) is 0 Å².